The second-order valence-corrected chi connectivity index (χ2v) is 8.19. The van der Waals surface area contributed by atoms with E-state index in [-0.39, 0.29) is 24.4 Å². The van der Waals surface area contributed by atoms with Crippen LogP contribution in [0, 0.1) is 5.92 Å². The number of hydrogen-bond acceptors (Lipinski definition) is 2. The maximum Gasteiger partial charge on any atom is 0.256 e. The molecule has 2 aromatic rings. The van der Waals surface area contributed by atoms with Crippen LogP contribution >= 0.6 is 11.6 Å². The largest absolute Gasteiger partial charge is 0.353 e. The van der Waals surface area contributed by atoms with Crippen molar-refractivity contribution < 1.29 is 9.59 Å². The molecular weight excluding hydrogens is 374 g/mol. The van der Waals surface area contributed by atoms with Crippen molar-refractivity contribution in [3.8, 4) is 0 Å². The monoisotopic (exact) mass is 403 g/mol. The molecule has 1 heterocycles. The number of aryl methyl sites for hydroxylation is 1. The molecule has 28 heavy (non-hydrogen) atoms. The van der Waals surface area contributed by atoms with Crippen LogP contribution < -0.4 is 0 Å². The molecule has 6 heteroatoms. The second-order valence-electron chi connectivity index (χ2n) is 7.79. The first-order valence-corrected chi connectivity index (χ1v) is 10.0. The standard InChI is InChI=1S/C22H30ClN3O2/c1-16(2)13-25(14-18-9-8-12-24(18)5)21(27)15-26(17(3)4)22(28)19-10-6-7-11-20(19)23/h6-12,16-17H,13-15H2,1-5H3. The fourth-order valence-corrected chi connectivity index (χ4v) is 3.29. The molecule has 0 spiro atoms. The molecule has 2 rings (SSSR count). The summed E-state index contributed by atoms with van der Waals surface area (Å²) in [6.07, 6.45) is 1.97. The lowest BCUT2D eigenvalue weighted by Crippen LogP contribution is -2.46. The Labute approximate surface area is 172 Å². The number of hydrogen-bond donors (Lipinski definition) is 0. The maximum atomic E-state index is 13.1. The van der Waals surface area contributed by atoms with Gasteiger partial charge in [-0.2, -0.15) is 0 Å². The third-order valence-corrected chi connectivity index (χ3v) is 4.97. The Bertz CT molecular complexity index is 814. The minimum Gasteiger partial charge on any atom is -0.353 e. The van der Waals surface area contributed by atoms with Crippen LogP contribution in [0.3, 0.4) is 0 Å². The third-order valence-electron chi connectivity index (χ3n) is 4.64. The Balaban J connectivity index is 2.21. The lowest BCUT2D eigenvalue weighted by atomic mass is 10.1. The molecule has 0 radical (unpaired) electrons. The molecule has 0 saturated heterocycles. The van der Waals surface area contributed by atoms with Crippen molar-refractivity contribution in [1.29, 1.82) is 0 Å². The fraction of sp³-hybridized carbons (Fsp3) is 0.455. The summed E-state index contributed by atoms with van der Waals surface area (Å²) in [6, 6.07) is 10.8. The quantitative estimate of drug-likeness (QED) is 0.662. The van der Waals surface area contributed by atoms with Crippen molar-refractivity contribution in [3.63, 3.8) is 0 Å². The zero-order valence-corrected chi connectivity index (χ0v) is 18.1. The first kappa shape index (κ1) is 22.0. The van der Waals surface area contributed by atoms with Gasteiger partial charge in [0.15, 0.2) is 0 Å². The van der Waals surface area contributed by atoms with Crippen LogP contribution in [0.1, 0.15) is 43.7 Å². The van der Waals surface area contributed by atoms with Crippen LogP contribution in [0.5, 0.6) is 0 Å². The highest BCUT2D eigenvalue weighted by Crippen LogP contribution is 2.19. The molecule has 5 nitrogen and oxygen atoms in total. The highest BCUT2D eigenvalue weighted by Gasteiger charge is 2.26. The van der Waals surface area contributed by atoms with E-state index in [9.17, 15) is 9.59 Å². The van der Waals surface area contributed by atoms with Crippen molar-refractivity contribution in [3.05, 3.63) is 58.9 Å². The number of benzene rings is 1. The van der Waals surface area contributed by atoms with Gasteiger partial charge >= 0.3 is 0 Å². The van der Waals surface area contributed by atoms with E-state index >= 15 is 0 Å². The van der Waals surface area contributed by atoms with Crippen molar-refractivity contribution in [2.45, 2.75) is 40.3 Å². The molecule has 152 valence electrons. The predicted molar refractivity (Wildman–Crippen MR) is 113 cm³/mol. The van der Waals surface area contributed by atoms with Crippen LogP contribution in [0.25, 0.3) is 0 Å². The first-order valence-electron chi connectivity index (χ1n) is 9.64. The molecule has 0 saturated carbocycles. The number of carbonyl (C=O) groups excluding carboxylic acids is 2. The van der Waals surface area contributed by atoms with Gasteiger partial charge in [0.1, 0.15) is 6.54 Å². The topological polar surface area (TPSA) is 45.6 Å². The Morgan fingerprint density at radius 3 is 2.29 bits per heavy atom. The first-order chi connectivity index (χ1) is 13.2. The summed E-state index contributed by atoms with van der Waals surface area (Å²) in [4.78, 5) is 29.6. The number of nitrogens with zero attached hydrogens (tertiary/aromatic N) is 3. The molecule has 0 N–H and O–H groups in total. The van der Waals surface area contributed by atoms with E-state index in [1.165, 1.54) is 0 Å². The van der Waals surface area contributed by atoms with E-state index in [0.29, 0.717) is 29.6 Å². The molecule has 0 bridgehead atoms. The number of rotatable bonds is 8. The molecule has 2 amide bonds. The molecular formula is C22H30ClN3O2. The summed E-state index contributed by atoms with van der Waals surface area (Å²) in [6.45, 7) is 9.17. The van der Waals surface area contributed by atoms with E-state index in [4.69, 9.17) is 11.6 Å². The van der Waals surface area contributed by atoms with E-state index in [1.54, 1.807) is 29.2 Å². The van der Waals surface area contributed by atoms with Crippen molar-refractivity contribution in [1.82, 2.24) is 14.4 Å². The highest BCUT2D eigenvalue weighted by atomic mass is 35.5. The van der Waals surface area contributed by atoms with E-state index in [2.05, 4.69) is 13.8 Å². The zero-order valence-electron chi connectivity index (χ0n) is 17.4. The van der Waals surface area contributed by atoms with Crippen LogP contribution in [0.15, 0.2) is 42.6 Å². The van der Waals surface area contributed by atoms with Crippen molar-refractivity contribution in [2.24, 2.45) is 13.0 Å². The van der Waals surface area contributed by atoms with Gasteiger partial charge < -0.3 is 14.4 Å². The fourth-order valence-electron chi connectivity index (χ4n) is 3.08. The minimum atomic E-state index is -0.225. The molecule has 0 atom stereocenters. The van der Waals surface area contributed by atoms with Crippen molar-refractivity contribution in [2.75, 3.05) is 13.1 Å². The molecule has 0 fully saturated rings. The molecule has 0 unspecified atom stereocenters. The summed E-state index contributed by atoms with van der Waals surface area (Å²) < 4.78 is 2.01. The Morgan fingerprint density at radius 1 is 1.07 bits per heavy atom. The minimum absolute atomic E-state index is 0.0267. The lowest BCUT2D eigenvalue weighted by molar-refractivity contribution is -0.133. The van der Waals surface area contributed by atoms with Crippen molar-refractivity contribution >= 4 is 23.4 Å². The van der Waals surface area contributed by atoms with Gasteiger partial charge in [-0.05, 0) is 44.0 Å². The van der Waals surface area contributed by atoms with E-state index in [1.807, 2.05) is 48.7 Å². The van der Waals surface area contributed by atoms with Gasteiger partial charge in [0.05, 0.1) is 17.1 Å². The number of amides is 2. The Hall–Kier alpha value is -2.27. The van der Waals surface area contributed by atoms with Crippen LogP contribution in [0.2, 0.25) is 5.02 Å². The molecule has 1 aromatic carbocycles. The average molecular weight is 404 g/mol. The average Bonchev–Trinajstić information content (AvgIpc) is 3.03. The van der Waals surface area contributed by atoms with Gasteiger partial charge in [0, 0.05) is 31.5 Å². The van der Waals surface area contributed by atoms with Crippen LogP contribution in [0.4, 0.5) is 0 Å². The summed E-state index contributed by atoms with van der Waals surface area (Å²) >= 11 is 6.20. The van der Waals surface area contributed by atoms with Crippen LogP contribution in [-0.4, -0.2) is 45.3 Å². The zero-order chi connectivity index (χ0) is 20.8. The predicted octanol–water partition coefficient (Wildman–Crippen LogP) is 4.21. The third kappa shape index (κ3) is 5.61. The smallest absolute Gasteiger partial charge is 0.256 e. The Kier molecular flexibility index (Phi) is 7.69. The summed E-state index contributed by atoms with van der Waals surface area (Å²) in [5.74, 6) is 0.0392. The number of carbonyl (C=O) groups is 2. The van der Waals surface area contributed by atoms with Gasteiger partial charge in [-0.3, -0.25) is 9.59 Å². The maximum absolute atomic E-state index is 13.1. The van der Waals surface area contributed by atoms with Gasteiger partial charge in [-0.15, -0.1) is 0 Å². The second kappa shape index (κ2) is 9.78. The van der Waals surface area contributed by atoms with Crippen LogP contribution in [-0.2, 0) is 18.4 Å². The SMILES string of the molecule is CC(C)CN(Cc1cccn1C)C(=O)CN(C(=O)c1ccccc1Cl)C(C)C. The molecule has 0 aliphatic heterocycles. The van der Waals surface area contributed by atoms with Gasteiger partial charge in [-0.1, -0.05) is 37.6 Å². The van der Waals surface area contributed by atoms with Gasteiger partial charge in [-0.25, -0.2) is 0 Å². The van der Waals surface area contributed by atoms with E-state index < -0.39 is 0 Å². The summed E-state index contributed by atoms with van der Waals surface area (Å²) in [5, 5.41) is 0.397. The number of halogens is 1. The Morgan fingerprint density at radius 2 is 1.75 bits per heavy atom. The van der Waals surface area contributed by atoms with Gasteiger partial charge in [0.2, 0.25) is 5.91 Å². The lowest BCUT2D eigenvalue weighted by Gasteiger charge is -2.31. The molecule has 1 aromatic heterocycles. The summed E-state index contributed by atoms with van der Waals surface area (Å²) in [5.41, 5.74) is 1.48. The van der Waals surface area contributed by atoms with Gasteiger partial charge in [0.25, 0.3) is 5.91 Å². The van der Waals surface area contributed by atoms with E-state index in [0.717, 1.165) is 5.69 Å². The molecule has 0 aliphatic rings. The highest BCUT2D eigenvalue weighted by molar-refractivity contribution is 6.33. The normalized spacial score (nSPS) is 11.1. The summed E-state index contributed by atoms with van der Waals surface area (Å²) in [7, 11) is 1.97. The number of aromatic nitrogens is 1. The molecule has 0 aliphatic carbocycles.